The Labute approximate surface area is 169 Å². The summed E-state index contributed by atoms with van der Waals surface area (Å²) in [6.45, 7) is 5.02. The number of sulfonamides is 1. The summed E-state index contributed by atoms with van der Waals surface area (Å²) >= 11 is 0. The molecule has 0 bridgehead atoms. The van der Waals surface area contributed by atoms with Gasteiger partial charge in [-0.1, -0.05) is 12.1 Å². The number of amides is 1. The van der Waals surface area contributed by atoms with E-state index in [2.05, 4.69) is 5.32 Å². The number of nitrogens with zero attached hydrogens (tertiary/aromatic N) is 1. The first-order valence-electron chi connectivity index (χ1n) is 8.88. The molecule has 0 fully saturated rings. The van der Waals surface area contributed by atoms with Crippen LogP contribution >= 0.6 is 0 Å². The second kappa shape index (κ2) is 9.04. The van der Waals surface area contributed by atoms with Gasteiger partial charge in [0.25, 0.3) is 0 Å². The van der Waals surface area contributed by atoms with Crippen molar-refractivity contribution in [2.24, 2.45) is 0 Å². The summed E-state index contributed by atoms with van der Waals surface area (Å²) in [5, 5.41) is 2.64. The number of hydrogen-bond acceptors (Lipinski definition) is 5. The Hall–Kier alpha value is -2.94. The summed E-state index contributed by atoms with van der Waals surface area (Å²) in [6, 6.07) is 8.50. The molecule has 0 radical (unpaired) electrons. The van der Waals surface area contributed by atoms with Crippen LogP contribution in [0.15, 0.2) is 42.5 Å². The van der Waals surface area contributed by atoms with Gasteiger partial charge in [0.2, 0.25) is 15.9 Å². The van der Waals surface area contributed by atoms with Gasteiger partial charge in [-0.15, -0.1) is 0 Å². The van der Waals surface area contributed by atoms with Crippen LogP contribution in [0, 0.1) is 12.7 Å². The van der Waals surface area contributed by atoms with Crippen LogP contribution in [-0.4, -0.2) is 39.2 Å². The van der Waals surface area contributed by atoms with E-state index in [0.717, 1.165) is 16.6 Å². The van der Waals surface area contributed by atoms with Crippen LogP contribution in [-0.2, 0) is 19.6 Å². The third kappa shape index (κ3) is 5.54. The quantitative estimate of drug-likeness (QED) is 0.692. The average molecular weight is 422 g/mol. The normalized spacial score (nSPS) is 12.2. The first-order valence-corrected chi connectivity index (χ1v) is 10.7. The number of ether oxygens (including phenoxy) is 1. The van der Waals surface area contributed by atoms with Gasteiger partial charge in [-0.05, 0) is 56.7 Å². The fraction of sp³-hybridized carbons (Fsp3) is 0.300. The minimum absolute atomic E-state index is 0.0344. The Morgan fingerprint density at radius 3 is 2.48 bits per heavy atom. The molecule has 0 aliphatic carbocycles. The zero-order valence-electron chi connectivity index (χ0n) is 16.6. The topological polar surface area (TPSA) is 92.8 Å². The summed E-state index contributed by atoms with van der Waals surface area (Å²) in [5.41, 5.74) is 1.31. The standard InChI is InChI=1S/C20H23FN2O5S/c1-5-28-20(25)15-10-9-13(2)18(11-15)22-19(24)14(3)23(29(4,26)27)17-8-6-7-16(21)12-17/h6-12,14H,5H2,1-4H3,(H,22,24)/t14-/m0/s1. The van der Waals surface area contributed by atoms with E-state index in [-0.39, 0.29) is 17.9 Å². The Kier molecular flexibility index (Phi) is 6.97. The van der Waals surface area contributed by atoms with Crippen LogP contribution in [0.5, 0.6) is 0 Å². The maximum atomic E-state index is 13.6. The fourth-order valence-corrected chi connectivity index (χ4v) is 3.92. The monoisotopic (exact) mass is 422 g/mol. The van der Waals surface area contributed by atoms with Gasteiger partial charge in [0.15, 0.2) is 0 Å². The molecule has 0 unspecified atom stereocenters. The van der Waals surface area contributed by atoms with Gasteiger partial charge in [0.1, 0.15) is 11.9 Å². The van der Waals surface area contributed by atoms with E-state index in [1.807, 2.05) is 0 Å². The van der Waals surface area contributed by atoms with Crippen molar-refractivity contribution in [1.29, 1.82) is 0 Å². The molecule has 2 rings (SSSR count). The number of benzene rings is 2. The highest BCUT2D eigenvalue weighted by Crippen LogP contribution is 2.23. The summed E-state index contributed by atoms with van der Waals surface area (Å²) in [7, 11) is -3.88. The van der Waals surface area contributed by atoms with Crippen molar-refractivity contribution < 1.29 is 27.1 Å². The van der Waals surface area contributed by atoms with Gasteiger partial charge in [-0.25, -0.2) is 17.6 Å². The van der Waals surface area contributed by atoms with Gasteiger partial charge in [0, 0.05) is 5.69 Å². The minimum atomic E-state index is -3.88. The van der Waals surface area contributed by atoms with Crippen LogP contribution in [0.1, 0.15) is 29.8 Å². The van der Waals surface area contributed by atoms with Crippen molar-refractivity contribution in [2.75, 3.05) is 22.5 Å². The van der Waals surface area contributed by atoms with Gasteiger partial charge < -0.3 is 10.1 Å². The highest BCUT2D eigenvalue weighted by molar-refractivity contribution is 7.92. The number of halogens is 1. The van der Waals surface area contributed by atoms with Gasteiger partial charge >= 0.3 is 5.97 Å². The lowest BCUT2D eigenvalue weighted by molar-refractivity contribution is -0.116. The third-order valence-electron chi connectivity index (χ3n) is 4.16. The van der Waals surface area contributed by atoms with E-state index in [1.165, 1.54) is 31.2 Å². The van der Waals surface area contributed by atoms with Crippen molar-refractivity contribution in [3.8, 4) is 0 Å². The molecule has 0 heterocycles. The van der Waals surface area contributed by atoms with Crippen LogP contribution in [0.2, 0.25) is 0 Å². The number of rotatable bonds is 7. The van der Waals surface area contributed by atoms with E-state index in [0.29, 0.717) is 11.3 Å². The lowest BCUT2D eigenvalue weighted by Crippen LogP contribution is -2.45. The minimum Gasteiger partial charge on any atom is -0.462 e. The highest BCUT2D eigenvalue weighted by Gasteiger charge is 2.29. The zero-order chi connectivity index (χ0) is 21.8. The molecule has 0 aliphatic rings. The van der Waals surface area contributed by atoms with E-state index >= 15 is 0 Å². The first kappa shape index (κ1) is 22.4. The molecule has 7 nitrogen and oxygen atoms in total. The van der Waals surface area contributed by atoms with E-state index in [1.54, 1.807) is 26.0 Å². The van der Waals surface area contributed by atoms with Crippen molar-refractivity contribution in [1.82, 2.24) is 0 Å². The molecule has 0 aliphatic heterocycles. The summed E-state index contributed by atoms with van der Waals surface area (Å²) in [6.07, 6.45) is 0.939. The molecule has 2 aromatic carbocycles. The van der Waals surface area contributed by atoms with Crippen LogP contribution in [0.4, 0.5) is 15.8 Å². The molecular formula is C20H23FN2O5S. The zero-order valence-corrected chi connectivity index (χ0v) is 17.4. The Morgan fingerprint density at radius 1 is 1.21 bits per heavy atom. The first-order chi connectivity index (χ1) is 13.5. The molecule has 0 saturated carbocycles. The molecule has 1 N–H and O–H groups in total. The smallest absolute Gasteiger partial charge is 0.338 e. The van der Waals surface area contributed by atoms with Crippen molar-refractivity contribution >= 4 is 33.3 Å². The summed E-state index contributed by atoms with van der Waals surface area (Å²) < 4.78 is 44.0. The van der Waals surface area contributed by atoms with E-state index in [9.17, 15) is 22.4 Å². The van der Waals surface area contributed by atoms with Crippen LogP contribution in [0.3, 0.4) is 0 Å². The third-order valence-corrected chi connectivity index (χ3v) is 5.40. The molecule has 1 amide bonds. The molecule has 0 saturated heterocycles. The van der Waals surface area contributed by atoms with E-state index in [4.69, 9.17) is 4.74 Å². The molecule has 0 spiro atoms. The van der Waals surface area contributed by atoms with Gasteiger partial charge in [0.05, 0.1) is 24.1 Å². The molecule has 156 valence electrons. The Morgan fingerprint density at radius 2 is 1.90 bits per heavy atom. The maximum absolute atomic E-state index is 13.6. The Bertz CT molecular complexity index is 1020. The molecular weight excluding hydrogens is 399 g/mol. The lowest BCUT2D eigenvalue weighted by atomic mass is 10.1. The highest BCUT2D eigenvalue weighted by atomic mass is 32.2. The predicted molar refractivity (Wildman–Crippen MR) is 109 cm³/mol. The van der Waals surface area contributed by atoms with Crippen LogP contribution < -0.4 is 9.62 Å². The molecule has 2 aromatic rings. The summed E-state index contributed by atoms with van der Waals surface area (Å²) in [4.78, 5) is 24.7. The SMILES string of the molecule is CCOC(=O)c1ccc(C)c(NC(=O)[C@H](C)N(c2cccc(F)c2)S(C)(=O)=O)c1. The van der Waals surface area contributed by atoms with Crippen molar-refractivity contribution in [2.45, 2.75) is 26.8 Å². The number of anilines is 2. The number of nitrogens with one attached hydrogen (secondary N) is 1. The van der Waals surface area contributed by atoms with Crippen LogP contribution in [0.25, 0.3) is 0 Å². The second-order valence-corrected chi connectivity index (χ2v) is 8.31. The van der Waals surface area contributed by atoms with E-state index < -0.39 is 33.8 Å². The number of carbonyl (C=O) groups excluding carboxylic acids is 2. The number of carbonyl (C=O) groups is 2. The fourth-order valence-electron chi connectivity index (χ4n) is 2.76. The predicted octanol–water partition coefficient (Wildman–Crippen LogP) is 3.10. The average Bonchev–Trinajstić information content (AvgIpc) is 2.62. The van der Waals surface area contributed by atoms with Crippen molar-refractivity contribution in [3.63, 3.8) is 0 Å². The molecule has 9 heteroatoms. The number of aryl methyl sites for hydroxylation is 1. The lowest BCUT2D eigenvalue weighted by Gasteiger charge is -2.28. The molecule has 29 heavy (non-hydrogen) atoms. The van der Waals surface area contributed by atoms with Crippen molar-refractivity contribution in [3.05, 3.63) is 59.4 Å². The molecule has 0 aromatic heterocycles. The number of esters is 1. The maximum Gasteiger partial charge on any atom is 0.338 e. The largest absolute Gasteiger partial charge is 0.462 e. The molecule has 1 atom stereocenters. The van der Waals surface area contributed by atoms with Gasteiger partial charge in [-0.3, -0.25) is 9.10 Å². The Balaban J connectivity index is 2.33. The van der Waals surface area contributed by atoms with Gasteiger partial charge in [-0.2, -0.15) is 0 Å². The second-order valence-electron chi connectivity index (χ2n) is 6.45. The number of hydrogen-bond donors (Lipinski definition) is 1. The summed E-state index contributed by atoms with van der Waals surface area (Å²) in [5.74, 6) is -1.79.